The highest BCUT2D eigenvalue weighted by atomic mass is 16.4. The Morgan fingerprint density at radius 3 is 2.35 bits per heavy atom. The molecule has 1 N–H and O–H groups in total. The van der Waals surface area contributed by atoms with Crippen molar-refractivity contribution in [3.05, 3.63) is 78.1 Å². The molecular formula is C22H18N2O2. The fourth-order valence-electron chi connectivity index (χ4n) is 3.30. The molecule has 0 fully saturated rings. The van der Waals surface area contributed by atoms with Crippen LogP contribution in [0.3, 0.4) is 0 Å². The maximum atomic E-state index is 11.6. The van der Waals surface area contributed by atoms with E-state index < -0.39 is 5.97 Å². The summed E-state index contributed by atoms with van der Waals surface area (Å²) in [6.07, 6.45) is 1.64. The molecule has 0 amide bonds. The molecule has 0 unspecified atom stereocenters. The van der Waals surface area contributed by atoms with Crippen LogP contribution in [0.4, 0.5) is 0 Å². The summed E-state index contributed by atoms with van der Waals surface area (Å²) < 4.78 is 1.84. The summed E-state index contributed by atoms with van der Waals surface area (Å²) in [5.41, 5.74) is 6.97. The molecule has 0 aliphatic heterocycles. The number of aryl methyl sites for hydroxylation is 2. The number of aromatic carboxylic acids is 1. The summed E-state index contributed by atoms with van der Waals surface area (Å²) in [5, 5.41) is 9.54. The Kier molecular flexibility index (Phi) is 3.81. The van der Waals surface area contributed by atoms with Crippen LogP contribution in [-0.2, 0) is 7.05 Å². The smallest absolute Gasteiger partial charge is 0.337 e. The van der Waals surface area contributed by atoms with Crippen LogP contribution >= 0.6 is 0 Å². The second-order valence-corrected chi connectivity index (χ2v) is 6.44. The number of benzene rings is 3. The summed E-state index contributed by atoms with van der Waals surface area (Å²) >= 11 is 0. The van der Waals surface area contributed by atoms with Gasteiger partial charge in [0.15, 0.2) is 0 Å². The molecule has 1 aromatic heterocycles. The predicted molar refractivity (Wildman–Crippen MR) is 103 cm³/mol. The molecule has 4 nitrogen and oxygen atoms in total. The molecular weight excluding hydrogens is 324 g/mol. The number of rotatable bonds is 3. The van der Waals surface area contributed by atoms with E-state index in [1.807, 2.05) is 41.9 Å². The van der Waals surface area contributed by atoms with E-state index in [4.69, 9.17) is 0 Å². The van der Waals surface area contributed by atoms with E-state index in [-0.39, 0.29) is 5.56 Å². The SMILES string of the molecule is Cc1ccccc1-c1ccc(-c2cc(C(=O)O)c3ncn(C)c3c2)cc1. The number of fused-ring (bicyclic) bond motifs is 1. The maximum absolute atomic E-state index is 11.6. The van der Waals surface area contributed by atoms with Crippen molar-refractivity contribution in [1.82, 2.24) is 9.55 Å². The average molecular weight is 342 g/mol. The molecule has 0 bridgehead atoms. The molecule has 0 aliphatic carbocycles. The van der Waals surface area contributed by atoms with Crippen molar-refractivity contribution in [1.29, 1.82) is 0 Å². The van der Waals surface area contributed by atoms with Crippen molar-refractivity contribution in [2.45, 2.75) is 6.92 Å². The largest absolute Gasteiger partial charge is 0.478 e. The number of carboxylic acids is 1. The van der Waals surface area contributed by atoms with Crippen molar-refractivity contribution in [2.24, 2.45) is 7.05 Å². The molecule has 26 heavy (non-hydrogen) atoms. The standard InChI is InChI=1S/C22H18N2O2/c1-14-5-3-4-6-18(14)16-9-7-15(8-10-16)17-11-19(22(25)26)21-20(12-17)24(2)13-23-21/h3-13H,1-2H3,(H,25,26). The Hall–Kier alpha value is -3.40. The highest BCUT2D eigenvalue weighted by Crippen LogP contribution is 2.30. The topological polar surface area (TPSA) is 55.1 Å². The van der Waals surface area contributed by atoms with E-state index in [1.54, 1.807) is 12.4 Å². The van der Waals surface area contributed by atoms with Crippen LogP contribution in [-0.4, -0.2) is 20.6 Å². The van der Waals surface area contributed by atoms with E-state index in [1.165, 1.54) is 11.1 Å². The van der Waals surface area contributed by atoms with Gasteiger partial charge in [0.25, 0.3) is 0 Å². The molecule has 0 atom stereocenters. The van der Waals surface area contributed by atoms with Crippen molar-refractivity contribution in [2.75, 3.05) is 0 Å². The maximum Gasteiger partial charge on any atom is 0.337 e. The van der Waals surface area contributed by atoms with Crippen molar-refractivity contribution in [3.8, 4) is 22.3 Å². The molecule has 0 radical (unpaired) electrons. The molecule has 128 valence electrons. The first-order valence-electron chi connectivity index (χ1n) is 8.39. The fraction of sp³-hybridized carbons (Fsp3) is 0.0909. The van der Waals surface area contributed by atoms with Gasteiger partial charge < -0.3 is 9.67 Å². The van der Waals surface area contributed by atoms with Gasteiger partial charge >= 0.3 is 5.97 Å². The third-order valence-corrected chi connectivity index (χ3v) is 4.73. The summed E-state index contributed by atoms with van der Waals surface area (Å²) in [7, 11) is 1.87. The number of carboxylic acid groups (broad SMARTS) is 1. The Labute approximate surface area is 151 Å². The number of imidazole rings is 1. The number of nitrogens with zero attached hydrogens (tertiary/aromatic N) is 2. The lowest BCUT2D eigenvalue weighted by molar-refractivity contribution is 0.0699. The van der Waals surface area contributed by atoms with Gasteiger partial charge in [-0.15, -0.1) is 0 Å². The highest BCUT2D eigenvalue weighted by molar-refractivity contribution is 6.03. The summed E-state index contributed by atoms with van der Waals surface area (Å²) in [6.45, 7) is 2.10. The second kappa shape index (κ2) is 6.15. The molecule has 1 heterocycles. The lowest BCUT2D eigenvalue weighted by atomic mass is 9.96. The van der Waals surface area contributed by atoms with E-state index in [2.05, 4.69) is 36.2 Å². The van der Waals surface area contributed by atoms with Crippen LogP contribution in [0, 0.1) is 6.92 Å². The summed E-state index contributed by atoms with van der Waals surface area (Å²) in [6, 6.07) is 20.2. The Bertz CT molecular complexity index is 1120. The van der Waals surface area contributed by atoms with Gasteiger partial charge in [-0.3, -0.25) is 0 Å². The molecule has 0 saturated carbocycles. The van der Waals surface area contributed by atoms with Gasteiger partial charge in [-0.1, -0.05) is 48.5 Å². The zero-order valence-corrected chi connectivity index (χ0v) is 14.6. The average Bonchev–Trinajstić information content (AvgIpc) is 3.02. The summed E-state index contributed by atoms with van der Waals surface area (Å²) in [5.74, 6) is -0.966. The van der Waals surface area contributed by atoms with E-state index in [0.717, 1.165) is 22.2 Å². The molecule has 4 aromatic rings. The van der Waals surface area contributed by atoms with Gasteiger partial charge in [0.05, 0.1) is 17.4 Å². The van der Waals surface area contributed by atoms with Crippen LogP contribution < -0.4 is 0 Å². The zero-order chi connectivity index (χ0) is 18.3. The third-order valence-electron chi connectivity index (χ3n) is 4.73. The van der Waals surface area contributed by atoms with E-state index >= 15 is 0 Å². The predicted octanol–water partition coefficient (Wildman–Crippen LogP) is 4.91. The van der Waals surface area contributed by atoms with Crippen molar-refractivity contribution in [3.63, 3.8) is 0 Å². The monoisotopic (exact) mass is 342 g/mol. The number of aromatic nitrogens is 2. The van der Waals surface area contributed by atoms with E-state index in [9.17, 15) is 9.90 Å². The number of hydrogen-bond donors (Lipinski definition) is 1. The minimum Gasteiger partial charge on any atom is -0.478 e. The quantitative estimate of drug-likeness (QED) is 0.575. The fourth-order valence-corrected chi connectivity index (χ4v) is 3.30. The first-order chi connectivity index (χ1) is 12.5. The zero-order valence-electron chi connectivity index (χ0n) is 14.6. The highest BCUT2D eigenvalue weighted by Gasteiger charge is 2.15. The van der Waals surface area contributed by atoms with Crippen LogP contribution in [0.15, 0.2) is 67.0 Å². The normalized spacial score (nSPS) is 11.0. The van der Waals surface area contributed by atoms with Gasteiger partial charge in [-0.05, 0) is 46.9 Å². The van der Waals surface area contributed by atoms with Gasteiger partial charge in [-0.2, -0.15) is 0 Å². The minimum absolute atomic E-state index is 0.223. The minimum atomic E-state index is -0.966. The van der Waals surface area contributed by atoms with Crippen LogP contribution in [0.25, 0.3) is 33.3 Å². The van der Waals surface area contributed by atoms with Gasteiger partial charge in [-0.25, -0.2) is 9.78 Å². The molecule has 4 rings (SSSR count). The van der Waals surface area contributed by atoms with E-state index in [0.29, 0.717) is 5.52 Å². The molecule has 0 aliphatic rings. The first-order valence-corrected chi connectivity index (χ1v) is 8.39. The number of carbonyl (C=O) groups is 1. The Morgan fingerprint density at radius 1 is 0.962 bits per heavy atom. The van der Waals surface area contributed by atoms with Crippen LogP contribution in [0.5, 0.6) is 0 Å². The summed E-state index contributed by atoms with van der Waals surface area (Å²) in [4.78, 5) is 15.9. The lowest BCUT2D eigenvalue weighted by Gasteiger charge is -2.09. The molecule has 0 saturated heterocycles. The lowest BCUT2D eigenvalue weighted by Crippen LogP contribution is -1.99. The first kappa shape index (κ1) is 16.1. The van der Waals surface area contributed by atoms with Gasteiger partial charge in [0.2, 0.25) is 0 Å². The second-order valence-electron chi connectivity index (χ2n) is 6.44. The Morgan fingerprint density at radius 2 is 1.65 bits per heavy atom. The van der Waals surface area contributed by atoms with Crippen LogP contribution in [0.1, 0.15) is 15.9 Å². The van der Waals surface area contributed by atoms with Crippen molar-refractivity contribution < 1.29 is 9.90 Å². The Balaban J connectivity index is 1.82. The van der Waals surface area contributed by atoms with Crippen LogP contribution in [0.2, 0.25) is 0 Å². The van der Waals surface area contributed by atoms with Gasteiger partial charge in [0, 0.05) is 7.05 Å². The molecule has 0 spiro atoms. The number of hydrogen-bond acceptors (Lipinski definition) is 2. The van der Waals surface area contributed by atoms with Gasteiger partial charge in [0.1, 0.15) is 5.52 Å². The van der Waals surface area contributed by atoms with Crippen molar-refractivity contribution >= 4 is 17.0 Å². The third kappa shape index (κ3) is 2.65. The molecule has 4 heteroatoms. The molecule has 3 aromatic carbocycles.